The van der Waals surface area contributed by atoms with Gasteiger partial charge in [-0.05, 0) is 43.6 Å². The number of hydrogen-bond donors (Lipinski definition) is 1. The Hall–Kier alpha value is -0.0800. The van der Waals surface area contributed by atoms with Crippen LogP contribution in [-0.2, 0) is 0 Å². The molecule has 0 aromatic carbocycles. The van der Waals surface area contributed by atoms with Crippen LogP contribution in [0.2, 0.25) is 0 Å². The zero-order valence-electron chi connectivity index (χ0n) is 12.8. The molecule has 0 radical (unpaired) electrons. The normalized spacial score (nSPS) is 42.7. The summed E-state index contributed by atoms with van der Waals surface area (Å²) in [4.78, 5) is 2.82. The molecule has 2 N–H and O–H groups in total. The molecule has 4 atom stereocenters. The van der Waals surface area contributed by atoms with Crippen molar-refractivity contribution in [3.05, 3.63) is 0 Å². The van der Waals surface area contributed by atoms with Crippen LogP contribution in [0.3, 0.4) is 0 Å². The van der Waals surface area contributed by atoms with Crippen molar-refractivity contribution in [3.63, 3.8) is 0 Å². The molecule has 2 rings (SSSR count). The van der Waals surface area contributed by atoms with Gasteiger partial charge in [0.1, 0.15) is 0 Å². The Balaban J connectivity index is 2.25. The van der Waals surface area contributed by atoms with Gasteiger partial charge in [0.15, 0.2) is 0 Å². The minimum atomic E-state index is 0.295. The van der Waals surface area contributed by atoms with E-state index in [0.717, 1.165) is 30.3 Å². The number of nitrogens with two attached hydrogens (primary N) is 1. The second-order valence-corrected chi connectivity index (χ2v) is 7.11. The lowest BCUT2D eigenvalue weighted by Crippen LogP contribution is -2.62. The summed E-state index contributed by atoms with van der Waals surface area (Å²) in [6, 6.07) is 0.765. The van der Waals surface area contributed by atoms with E-state index in [2.05, 4.69) is 32.6 Å². The highest BCUT2D eigenvalue weighted by Crippen LogP contribution is 2.45. The van der Waals surface area contributed by atoms with E-state index in [1.165, 1.54) is 38.6 Å². The van der Waals surface area contributed by atoms with Gasteiger partial charge in [-0.3, -0.25) is 4.90 Å². The fourth-order valence-corrected chi connectivity index (χ4v) is 4.59. The van der Waals surface area contributed by atoms with Crippen LogP contribution in [0.4, 0.5) is 0 Å². The summed E-state index contributed by atoms with van der Waals surface area (Å²) in [6.07, 6.45) is 6.82. The lowest BCUT2D eigenvalue weighted by Gasteiger charge is -2.53. The molecule has 2 aliphatic rings. The van der Waals surface area contributed by atoms with Gasteiger partial charge in [0.05, 0.1) is 0 Å². The quantitative estimate of drug-likeness (QED) is 0.835. The third kappa shape index (κ3) is 2.22. The van der Waals surface area contributed by atoms with E-state index in [4.69, 9.17) is 5.73 Å². The van der Waals surface area contributed by atoms with Crippen molar-refractivity contribution in [1.29, 1.82) is 0 Å². The molecule has 0 aromatic heterocycles. The molecule has 18 heavy (non-hydrogen) atoms. The van der Waals surface area contributed by atoms with E-state index in [0.29, 0.717) is 5.54 Å². The molecular formula is C16H32N2. The Labute approximate surface area is 113 Å². The van der Waals surface area contributed by atoms with Crippen molar-refractivity contribution in [2.45, 2.75) is 71.4 Å². The van der Waals surface area contributed by atoms with Gasteiger partial charge in [0.25, 0.3) is 0 Å². The maximum Gasteiger partial charge on any atom is 0.0362 e. The predicted molar refractivity (Wildman–Crippen MR) is 78.5 cm³/mol. The van der Waals surface area contributed by atoms with E-state index >= 15 is 0 Å². The van der Waals surface area contributed by atoms with Gasteiger partial charge < -0.3 is 5.73 Å². The van der Waals surface area contributed by atoms with Gasteiger partial charge in [-0.15, -0.1) is 0 Å². The van der Waals surface area contributed by atoms with Crippen molar-refractivity contribution in [3.8, 4) is 0 Å². The zero-order chi connectivity index (χ0) is 13.3. The number of likely N-dealkylation sites (tertiary alicyclic amines) is 1. The van der Waals surface area contributed by atoms with Crippen molar-refractivity contribution < 1.29 is 0 Å². The SMILES string of the molecule is CC(C)C1CCCN1C1(CN)CCCC(C)C1C. The maximum absolute atomic E-state index is 6.29. The molecule has 0 bridgehead atoms. The summed E-state index contributed by atoms with van der Waals surface area (Å²) >= 11 is 0. The Morgan fingerprint density at radius 3 is 2.56 bits per heavy atom. The van der Waals surface area contributed by atoms with Crippen molar-refractivity contribution >= 4 is 0 Å². The van der Waals surface area contributed by atoms with Crippen LogP contribution in [0, 0.1) is 17.8 Å². The van der Waals surface area contributed by atoms with Crippen LogP contribution < -0.4 is 5.73 Å². The molecule has 0 aromatic rings. The second-order valence-electron chi connectivity index (χ2n) is 7.11. The highest BCUT2D eigenvalue weighted by molar-refractivity contribution is 5.04. The van der Waals surface area contributed by atoms with Crippen LogP contribution in [0.15, 0.2) is 0 Å². The van der Waals surface area contributed by atoms with E-state index in [-0.39, 0.29) is 0 Å². The van der Waals surface area contributed by atoms with E-state index in [9.17, 15) is 0 Å². The molecular weight excluding hydrogens is 220 g/mol. The first-order valence-electron chi connectivity index (χ1n) is 7.99. The molecule has 1 saturated carbocycles. The maximum atomic E-state index is 6.29. The Bertz CT molecular complexity index is 276. The molecule has 4 unspecified atom stereocenters. The molecule has 1 aliphatic carbocycles. The van der Waals surface area contributed by atoms with Crippen molar-refractivity contribution in [2.24, 2.45) is 23.5 Å². The van der Waals surface area contributed by atoms with E-state index in [1.54, 1.807) is 0 Å². The number of nitrogens with zero attached hydrogens (tertiary/aromatic N) is 1. The van der Waals surface area contributed by atoms with Gasteiger partial charge in [-0.2, -0.15) is 0 Å². The number of rotatable bonds is 3. The largest absolute Gasteiger partial charge is 0.329 e. The van der Waals surface area contributed by atoms with Gasteiger partial charge in [-0.25, -0.2) is 0 Å². The van der Waals surface area contributed by atoms with Gasteiger partial charge >= 0.3 is 0 Å². The smallest absolute Gasteiger partial charge is 0.0362 e. The summed E-state index contributed by atoms with van der Waals surface area (Å²) in [5.74, 6) is 2.34. The Kier molecular flexibility index (Phi) is 4.38. The summed E-state index contributed by atoms with van der Waals surface area (Å²) in [7, 11) is 0. The molecule has 1 saturated heterocycles. The van der Waals surface area contributed by atoms with Gasteiger partial charge in [0.2, 0.25) is 0 Å². The summed E-state index contributed by atoms with van der Waals surface area (Å²) in [5, 5.41) is 0. The lowest BCUT2D eigenvalue weighted by molar-refractivity contribution is -0.0291. The molecule has 2 nitrogen and oxygen atoms in total. The van der Waals surface area contributed by atoms with Gasteiger partial charge in [-0.1, -0.05) is 40.5 Å². The standard InChI is InChI=1S/C16H32N2/c1-12(2)15-8-6-10-18(15)16(11-17)9-5-7-13(3)14(16)4/h12-15H,5-11,17H2,1-4H3. The van der Waals surface area contributed by atoms with Crippen LogP contribution in [0.5, 0.6) is 0 Å². The van der Waals surface area contributed by atoms with Crippen molar-refractivity contribution in [2.75, 3.05) is 13.1 Å². The first kappa shape index (κ1) is 14.3. The summed E-state index contributed by atoms with van der Waals surface area (Å²) in [6.45, 7) is 11.8. The molecule has 0 amide bonds. The first-order chi connectivity index (χ1) is 8.53. The topological polar surface area (TPSA) is 29.3 Å². The average molecular weight is 252 g/mol. The van der Waals surface area contributed by atoms with Gasteiger partial charge in [0, 0.05) is 18.1 Å². The third-order valence-electron chi connectivity index (χ3n) is 5.96. The molecule has 2 heteroatoms. The Morgan fingerprint density at radius 1 is 1.22 bits per heavy atom. The molecule has 2 fully saturated rings. The second kappa shape index (κ2) is 5.50. The van der Waals surface area contributed by atoms with E-state index < -0.39 is 0 Å². The van der Waals surface area contributed by atoms with E-state index in [1.807, 2.05) is 0 Å². The molecule has 0 spiro atoms. The minimum Gasteiger partial charge on any atom is -0.329 e. The summed E-state index contributed by atoms with van der Waals surface area (Å²) in [5.41, 5.74) is 6.59. The average Bonchev–Trinajstić information content (AvgIpc) is 2.83. The van der Waals surface area contributed by atoms with Crippen LogP contribution in [-0.4, -0.2) is 29.6 Å². The minimum absolute atomic E-state index is 0.295. The molecule has 106 valence electrons. The predicted octanol–water partition coefficient (Wildman–Crippen LogP) is 3.26. The fourth-order valence-electron chi connectivity index (χ4n) is 4.59. The van der Waals surface area contributed by atoms with Crippen LogP contribution in [0.25, 0.3) is 0 Å². The highest BCUT2D eigenvalue weighted by atomic mass is 15.3. The molecule has 1 heterocycles. The highest BCUT2D eigenvalue weighted by Gasteiger charge is 2.48. The monoisotopic (exact) mass is 252 g/mol. The number of hydrogen-bond acceptors (Lipinski definition) is 2. The van der Waals surface area contributed by atoms with Crippen LogP contribution in [0.1, 0.15) is 59.8 Å². The fraction of sp³-hybridized carbons (Fsp3) is 1.00. The summed E-state index contributed by atoms with van der Waals surface area (Å²) < 4.78 is 0. The van der Waals surface area contributed by atoms with Crippen LogP contribution >= 0.6 is 0 Å². The zero-order valence-corrected chi connectivity index (χ0v) is 12.8. The van der Waals surface area contributed by atoms with Crippen molar-refractivity contribution in [1.82, 2.24) is 4.90 Å². The third-order valence-corrected chi connectivity index (χ3v) is 5.96. The first-order valence-corrected chi connectivity index (χ1v) is 7.99. The lowest BCUT2D eigenvalue weighted by atomic mass is 9.67. The Morgan fingerprint density at radius 2 is 1.94 bits per heavy atom. The molecule has 1 aliphatic heterocycles.